The highest BCUT2D eigenvalue weighted by molar-refractivity contribution is 5.85. The van der Waals surface area contributed by atoms with Crippen LogP contribution < -0.4 is 5.73 Å². The van der Waals surface area contributed by atoms with E-state index in [0.29, 0.717) is 19.0 Å². The lowest BCUT2D eigenvalue weighted by Gasteiger charge is -2.33. The average Bonchev–Trinajstić information content (AvgIpc) is 2.55. The maximum atomic E-state index is 13.0. The van der Waals surface area contributed by atoms with Gasteiger partial charge in [-0.1, -0.05) is 12.1 Å². The largest absolute Gasteiger partial charge is 0.459 e. The Balaban J connectivity index is 1.86. The van der Waals surface area contributed by atoms with Crippen LogP contribution in [0.2, 0.25) is 0 Å². The zero-order chi connectivity index (χ0) is 19.3. The van der Waals surface area contributed by atoms with E-state index in [9.17, 15) is 14.0 Å². The number of likely N-dealkylation sites (tertiary alicyclic amines) is 1. The van der Waals surface area contributed by atoms with Crippen LogP contribution in [0.1, 0.15) is 45.6 Å². The number of hydrogen-bond acceptors (Lipinski definition) is 4. The third-order valence-corrected chi connectivity index (χ3v) is 4.41. The number of amides is 1. The summed E-state index contributed by atoms with van der Waals surface area (Å²) in [7, 11) is 0. The number of piperidine rings is 1. The van der Waals surface area contributed by atoms with Crippen molar-refractivity contribution in [2.45, 2.75) is 58.1 Å². The van der Waals surface area contributed by atoms with Crippen LogP contribution in [-0.4, -0.2) is 41.5 Å². The minimum Gasteiger partial charge on any atom is -0.459 e. The Morgan fingerprint density at radius 3 is 2.58 bits per heavy atom. The van der Waals surface area contributed by atoms with Gasteiger partial charge in [0.15, 0.2) is 0 Å². The predicted octanol–water partition coefficient (Wildman–Crippen LogP) is 2.67. The first-order valence-electron chi connectivity index (χ1n) is 9.15. The van der Waals surface area contributed by atoms with Gasteiger partial charge in [0.1, 0.15) is 17.5 Å². The number of hydrogen-bond donors (Lipinski definition) is 1. The molecule has 2 N–H and O–H groups in total. The molecule has 144 valence electrons. The summed E-state index contributed by atoms with van der Waals surface area (Å²) in [6.07, 6.45) is 2.71. The van der Waals surface area contributed by atoms with Crippen LogP contribution in [0.25, 0.3) is 0 Å². The Bertz CT molecular complexity index is 625. The van der Waals surface area contributed by atoms with Gasteiger partial charge in [0.05, 0.1) is 6.42 Å². The van der Waals surface area contributed by atoms with Gasteiger partial charge in [0.2, 0.25) is 5.91 Å². The van der Waals surface area contributed by atoms with Gasteiger partial charge in [0, 0.05) is 13.1 Å². The molecule has 2 unspecified atom stereocenters. The Morgan fingerprint density at radius 1 is 1.31 bits per heavy atom. The molecule has 1 aromatic rings. The molecule has 1 aromatic carbocycles. The minimum atomic E-state index is -0.945. The zero-order valence-corrected chi connectivity index (χ0v) is 15.8. The molecule has 0 saturated carbocycles. The fraction of sp³-hybridized carbons (Fsp3) is 0.600. The number of nitrogens with zero attached hydrogens (tertiary/aromatic N) is 1. The highest BCUT2D eigenvalue weighted by Crippen LogP contribution is 2.22. The number of carbonyl (C=O) groups excluding carboxylic acids is 2. The van der Waals surface area contributed by atoms with Crippen LogP contribution in [0.15, 0.2) is 24.3 Å². The second kappa shape index (κ2) is 8.62. The average molecular weight is 364 g/mol. The Kier molecular flexibility index (Phi) is 6.75. The van der Waals surface area contributed by atoms with E-state index < -0.39 is 17.6 Å². The molecule has 0 bridgehead atoms. The van der Waals surface area contributed by atoms with Crippen molar-refractivity contribution in [2.24, 2.45) is 11.7 Å². The Morgan fingerprint density at radius 2 is 1.96 bits per heavy atom. The summed E-state index contributed by atoms with van der Waals surface area (Å²) < 4.78 is 18.3. The summed E-state index contributed by atoms with van der Waals surface area (Å²) in [5.41, 5.74) is 6.29. The van der Waals surface area contributed by atoms with E-state index in [1.807, 2.05) is 0 Å². The predicted molar refractivity (Wildman–Crippen MR) is 97.8 cm³/mol. The number of ether oxygens (including phenoxy) is 1. The standard InChI is InChI=1S/C20H29FN2O3/c1-20(2,3)26-19(25)17(22)12-18(24)23-10-4-5-15(13-23)11-14-6-8-16(21)9-7-14/h6-9,15,17H,4-5,10-13,22H2,1-3H3. The molecule has 1 aliphatic rings. The van der Waals surface area contributed by atoms with Crippen LogP contribution in [-0.2, 0) is 20.7 Å². The SMILES string of the molecule is CC(C)(C)OC(=O)C(N)CC(=O)N1CCCC(Cc2ccc(F)cc2)C1. The lowest BCUT2D eigenvalue weighted by atomic mass is 9.91. The lowest BCUT2D eigenvalue weighted by molar-refractivity contribution is -0.158. The van der Waals surface area contributed by atoms with Crippen molar-refractivity contribution in [1.82, 2.24) is 4.90 Å². The molecule has 0 radical (unpaired) electrons. The lowest BCUT2D eigenvalue weighted by Crippen LogP contribution is -2.45. The molecule has 26 heavy (non-hydrogen) atoms. The number of benzene rings is 1. The molecule has 1 amide bonds. The molecule has 5 nitrogen and oxygen atoms in total. The molecule has 6 heteroatoms. The monoisotopic (exact) mass is 364 g/mol. The van der Waals surface area contributed by atoms with Crippen molar-refractivity contribution >= 4 is 11.9 Å². The smallest absolute Gasteiger partial charge is 0.323 e. The molecule has 2 atom stereocenters. The Hall–Kier alpha value is -1.95. The van der Waals surface area contributed by atoms with Crippen molar-refractivity contribution < 1.29 is 18.7 Å². The van der Waals surface area contributed by atoms with E-state index >= 15 is 0 Å². The number of halogens is 1. The number of nitrogens with two attached hydrogens (primary N) is 1. The third kappa shape index (κ3) is 6.41. The highest BCUT2D eigenvalue weighted by atomic mass is 19.1. The van der Waals surface area contributed by atoms with E-state index in [4.69, 9.17) is 10.5 Å². The van der Waals surface area contributed by atoms with Gasteiger partial charge in [0.25, 0.3) is 0 Å². The van der Waals surface area contributed by atoms with Gasteiger partial charge in [-0.3, -0.25) is 9.59 Å². The van der Waals surface area contributed by atoms with E-state index in [1.54, 1.807) is 37.8 Å². The quantitative estimate of drug-likeness (QED) is 0.816. The second-order valence-electron chi connectivity index (χ2n) is 8.02. The highest BCUT2D eigenvalue weighted by Gasteiger charge is 2.29. The fourth-order valence-corrected chi connectivity index (χ4v) is 3.19. The molecule has 0 spiro atoms. The first-order chi connectivity index (χ1) is 12.1. The van der Waals surface area contributed by atoms with Crippen molar-refractivity contribution in [2.75, 3.05) is 13.1 Å². The number of carbonyl (C=O) groups is 2. The van der Waals surface area contributed by atoms with Crippen LogP contribution in [0.4, 0.5) is 4.39 Å². The topological polar surface area (TPSA) is 72.6 Å². The van der Waals surface area contributed by atoms with Gasteiger partial charge < -0.3 is 15.4 Å². The van der Waals surface area contributed by atoms with Crippen molar-refractivity contribution in [1.29, 1.82) is 0 Å². The molecule has 1 aliphatic heterocycles. The van der Waals surface area contributed by atoms with E-state index in [1.165, 1.54) is 12.1 Å². The molecule has 0 aliphatic carbocycles. The van der Waals surface area contributed by atoms with Crippen LogP contribution in [0.5, 0.6) is 0 Å². The summed E-state index contributed by atoms with van der Waals surface area (Å²) in [4.78, 5) is 26.3. The molecule has 2 rings (SSSR count). The van der Waals surface area contributed by atoms with Crippen molar-refractivity contribution in [3.05, 3.63) is 35.6 Å². The van der Waals surface area contributed by atoms with Gasteiger partial charge in [-0.25, -0.2) is 4.39 Å². The number of esters is 1. The summed E-state index contributed by atoms with van der Waals surface area (Å²) in [5.74, 6) is -0.584. The summed E-state index contributed by atoms with van der Waals surface area (Å²) in [6.45, 7) is 6.62. The summed E-state index contributed by atoms with van der Waals surface area (Å²) in [6, 6.07) is 5.55. The van der Waals surface area contributed by atoms with E-state index in [2.05, 4.69) is 0 Å². The van der Waals surface area contributed by atoms with Crippen molar-refractivity contribution in [3.8, 4) is 0 Å². The van der Waals surface area contributed by atoms with Crippen LogP contribution in [0, 0.1) is 11.7 Å². The van der Waals surface area contributed by atoms with Gasteiger partial charge >= 0.3 is 5.97 Å². The van der Waals surface area contributed by atoms with Gasteiger partial charge in [-0.05, 0) is 63.6 Å². The molecule has 1 heterocycles. The first-order valence-corrected chi connectivity index (χ1v) is 9.15. The second-order valence-corrected chi connectivity index (χ2v) is 8.02. The maximum Gasteiger partial charge on any atom is 0.323 e. The molecule has 1 fully saturated rings. The molecule has 1 saturated heterocycles. The van der Waals surface area contributed by atoms with Gasteiger partial charge in [-0.15, -0.1) is 0 Å². The first kappa shape index (κ1) is 20.4. The zero-order valence-electron chi connectivity index (χ0n) is 15.8. The normalized spacial score (nSPS) is 19.1. The summed E-state index contributed by atoms with van der Waals surface area (Å²) >= 11 is 0. The Labute approximate surface area is 154 Å². The van der Waals surface area contributed by atoms with Crippen molar-refractivity contribution in [3.63, 3.8) is 0 Å². The van der Waals surface area contributed by atoms with E-state index in [0.717, 1.165) is 24.8 Å². The third-order valence-electron chi connectivity index (χ3n) is 4.41. The summed E-state index contributed by atoms with van der Waals surface area (Å²) in [5, 5.41) is 0. The number of rotatable bonds is 5. The molecular weight excluding hydrogens is 335 g/mol. The van der Waals surface area contributed by atoms with Gasteiger partial charge in [-0.2, -0.15) is 0 Å². The van der Waals surface area contributed by atoms with Crippen LogP contribution in [0.3, 0.4) is 0 Å². The van der Waals surface area contributed by atoms with E-state index in [-0.39, 0.29) is 18.1 Å². The molecule has 0 aromatic heterocycles. The maximum absolute atomic E-state index is 13.0. The minimum absolute atomic E-state index is 0.0435. The molecular formula is C20H29FN2O3. The fourth-order valence-electron chi connectivity index (χ4n) is 3.19. The van der Waals surface area contributed by atoms with Crippen LogP contribution >= 0.6 is 0 Å².